The van der Waals surface area contributed by atoms with E-state index < -0.39 is 17.7 Å². The van der Waals surface area contributed by atoms with Gasteiger partial charge in [-0.25, -0.2) is 9.97 Å². The number of pyridine rings is 1. The Balaban J connectivity index is 1.46. The number of nitrogens with one attached hydrogen (secondary N) is 1. The van der Waals surface area contributed by atoms with E-state index in [1.54, 1.807) is 30.5 Å². The molecule has 39 heavy (non-hydrogen) atoms. The molecule has 1 aliphatic heterocycles. The number of aryl methyl sites for hydroxylation is 2. The average molecular weight is 539 g/mol. The number of hydrogen-bond acceptors (Lipinski definition) is 8. The van der Waals surface area contributed by atoms with Gasteiger partial charge in [0.05, 0.1) is 42.9 Å². The lowest BCUT2D eigenvalue weighted by Crippen LogP contribution is -2.36. The minimum absolute atomic E-state index is 0.00419. The van der Waals surface area contributed by atoms with Gasteiger partial charge in [0.15, 0.2) is 0 Å². The Hall–Kier alpha value is -3.80. The Morgan fingerprint density at radius 1 is 1.10 bits per heavy atom. The number of carbonyl (C=O) groups excluding carboxylic acids is 2. The van der Waals surface area contributed by atoms with E-state index in [0.717, 1.165) is 49.6 Å². The van der Waals surface area contributed by atoms with Crippen molar-refractivity contribution in [3.63, 3.8) is 0 Å². The van der Waals surface area contributed by atoms with Crippen LogP contribution in [-0.2, 0) is 39.8 Å². The van der Waals surface area contributed by atoms with Crippen molar-refractivity contribution in [1.82, 2.24) is 19.8 Å². The number of hydrogen-bond donors (Lipinski definition) is 1. The molecule has 1 saturated heterocycles. The van der Waals surface area contributed by atoms with Crippen molar-refractivity contribution in [3.8, 4) is 0 Å². The first-order chi connectivity index (χ1) is 18.8. The highest BCUT2D eigenvalue weighted by molar-refractivity contribution is 6.64. The Morgan fingerprint density at radius 2 is 1.85 bits per heavy atom. The van der Waals surface area contributed by atoms with Crippen LogP contribution in [0.15, 0.2) is 48.8 Å². The van der Waals surface area contributed by atoms with E-state index in [2.05, 4.69) is 25.1 Å². The second kappa shape index (κ2) is 12.8. The van der Waals surface area contributed by atoms with Crippen LogP contribution in [0.1, 0.15) is 46.8 Å². The molecule has 1 N–H and O–H groups in total. The van der Waals surface area contributed by atoms with Gasteiger partial charge in [0.1, 0.15) is 0 Å². The molecule has 4 rings (SSSR count). The molecule has 3 aromatic rings. The van der Waals surface area contributed by atoms with Gasteiger partial charge in [0.25, 0.3) is 7.41 Å². The summed E-state index contributed by atoms with van der Waals surface area (Å²) >= 11 is 0. The summed E-state index contributed by atoms with van der Waals surface area (Å²) in [6.07, 6.45) is 0.830. The molecule has 1 aliphatic rings. The SMILES string of the molecule is COC(=O)Cc1ccccc1CCc1nc(Nc2ccc(C3CCN(BC=O)CC3)nc2)ncc1C(F)(F)F. The molecule has 0 atom stereocenters. The second-order valence-electron chi connectivity index (χ2n) is 9.41. The fourth-order valence-electron chi connectivity index (χ4n) is 4.73. The first-order valence-electron chi connectivity index (χ1n) is 12.7. The maximum absolute atomic E-state index is 13.7. The summed E-state index contributed by atoms with van der Waals surface area (Å²) in [4.78, 5) is 37.2. The molecule has 0 aliphatic carbocycles. The molecule has 2 aromatic heterocycles. The normalized spacial score (nSPS) is 14.6. The van der Waals surface area contributed by atoms with Crippen molar-refractivity contribution >= 4 is 31.2 Å². The van der Waals surface area contributed by atoms with Crippen LogP contribution in [-0.4, -0.2) is 59.5 Å². The van der Waals surface area contributed by atoms with Crippen LogP contribution in [0.25, 0.3) is 0 Å². The van der Waals surface area contributed by atoms with E-state index in [0.29, 0.717) is 18.7 Å². The lowest BCUT2D eigenvalue weighted by molar-refractivity contribution is -0.140. The van der Waals surface area contributed by atoms with Gasteiger partial charge in [-0.1, -0.05) is 24.3 Å². The number of esters is 1. The highest BCUT2D eigenvalue weighted by Gasteiger charge is 2.35. The molecule has 0 amide bonds. The molecule has 0 spiro atoms. The lowest BCUT2D eigenvalue weighted by atomic mass is 9.86. The van der Waals surface area contributed by atoms with Gasteiger partial charge >= 0.3 is 12.1 Å². The number of nitrogens with zero attached hydrogens (tertiary/aromatic N) is 4. The quantitative estimate of drug-likeness (QED) is 0.236. The largest absolute Gasteiger partial charge is 0.469 e. The molecule has 8 nitrogen and oxygen atoms in total. The maximum atomic E-state index is 13.7. The van der Waals surface area contributed by atoms with Crippen LogP contribution >= 0.6 is 0 Å². The molecular weight excluding hydrogens is 510 g/mol. The molecule has 12 heteroatoms. The highest BCUT2D eigenvalue weighted by Crippen LogP contribution is 2.32. The highest BCUT2D eigenvalue weighted by atomic mass is 19.4. The van der Waals surface area contributed by atoms with Crippen molar-refractivity contribution in [2.75, 3.05) is 25.5 Å². The summed E-state index contributed by atoms with van der Waals surface area (Å²) in [5.41, 5.74) is 1.91. The first-order valence-corrected chi connectivity index (χ1v) is 12.7. The molecule has 0 saturated carbocycles. The summed E-state index contributed by atoms with van der Waals surface area (Å²) < 4.78 is 45.9. The Kier molecular flexibility index (Phi) is 9.29. The summed E-state index contributed by atoms with van der Waals surface area (Å²) in [6.45, 7) is 1.67. The summed E-state index contributed by atoms with van der Waals surface area (Å²) in [6, 6.07) is 10.8. The van der Waals surface area contributed by atoms with Gasteiger partial charge in [-0.3, -0.25) is 9.78 Å². The van der Waals surface area contributed by atoms with Crippen molar-refractivity contribution in [2.45, 2.75) is 44.2 Å². The number of piperidine rings is 1. The maximum Gasteiger partial charge on any atom is 0.419 e. The van der Waals surface area contributed by atoms with Crippen LogP contribution in [0.2, 0.25) is 0 Å². The van der Waals surface area contributed by atoms with E-state index in [1.165, 1.54) is 7.11 Å². The molecule has 0 radical (unpaired) electrons. The van der Waals surface area contributed by atoms with Crippen molar-refractivity contribution in [2.24, 2.45) is 0 Å². The zero-order valence-corrected chi connectivity index (χ0v) is 21.6. The first kappa shape index (κ1) is 28.2. The van der Waals surface area contributed by atoms with E-state index >= 15 is 0 Å². The predicted molar refractivity (Wildman–Crippen MR) is 142 cm³/mol. The third-order valence-corrected chi connectivity index (χ3v) is 6.87. The van der Waals surface area contributed by atoms with Crippen LogP contribution in [0.5, 0.6) is 0 Å². The molecule has 204 valence electrons. The van der Waals surface area contributed by atoms with Gasteiger partial charge in [0.2, 0.25) is 5.95 Å². The second-order valence-corrected chi connectivity index (χ2v) is 9.41. The van der Waals surface area contributed by atoms with E-state index in [9.17, 15) is 22.8 Å². The molecule has 1 aromatic carbocycles. The Labute approximate surface area is 225 Å². The van der Waals surface area contributed by atoms with Crippen molar-refractivity contribution in [3.05, 3.63) is 76.9 Å². The Bertz CT molecular complexity index is 1280. The zero-order chi connectivity index (χ0) is 27.8. The van der Waals surface area contributed by atoms with E-state index in [4.69, 9.17) is 4.74 Å². The smallest absolute Gasteiger partial charge is 0.419 e. The lowest BCUT2D eigenvalue weighted by Gasteiger charge is -2.30. The number of anilines is 2. The van der Waals surface area contributed by atoms with Crippen molar-refractivity contribution < 1.29 is 27.5 Å². The van der Waals surface area contributed by atoms with Crippen molar-refractivity contribution in [1.29, 1.82) is 0 Å². The number of alkyl halides is 3. The fourth-order valence-corrected chi connectivity index (χ4v) is 4.73. The van der Waals surface area contributed by atoms with Crippen LogP contribution in [0.3, 0.4) is 0 Å². The number of benzene rings is 1. The average Bonchev–Trinajstić information content (AvgIpc) is 2.93. The topological polar surface area (TPSA) is 97.3 Å². The van der Waals surface area contributed by atoms with E-state index in [-0.39, 0.29) is 36.8 Å². The fraction of sp³-hybridized carbons (Fsp3) is 0.370. The van der Waals surface area contributed by atoms with Gasteiger partial charge in [-0.15, -0.1) is 0 Å². The standard InChI is InChI=1S/C27H29BF3N5O3/c1-39-25(38)14-20-5-3-2-4-18(20)6-8-24-22(27(29,30)31)16-33-26(35-24)34-21-7-9-23(32-15-21)19-10-12-36(13-11-19)28-17-37/h2-5,7,9,15-17,19,28H,6,8,10-14H2,1H3,(H,33,34,35). The number of rotatable bonds is 10. The third kappa shape index (κ3) is 7.63. The minimum atomic E-state index is -4.61. The molecule has 0 unspecified atom stereocenters. The number of carbonyl (C=O) groups is 2. The molecular formula is C27H29BF3N5O3. The van der Waals surface area contributed by atoms with Gasteiger partial charge in [-0.05, 0) is 62.0 Å². The predicted octanol–water partition coefficient (Wildman–Crippen LogP) is 3.86. The summed E-state index contributed by atoms with van der Waals surface area (Å²) in [5.74, 6) is -0.0922. The summed E-state index contributed by atoms with van der Waals surface area (Å²) in [7, 11) is 1.73. The third-order valence-electron chi connectivity index (χ3n) is 6.87. The van der Waals surface area contributed by atoms with Crippen LogP contribution in [0, 0.1) is 0 Å². The monoisotopic (exact) mass is 539 g/mol. The van der Waals surface area contributed by atoms with Gasteiger partial charge in [-0.2, -0.15) is 13.2 Å². The number of methoxy groups -OCH3 is 1. The van der Waals surface area contributed by atoms with Crippen LogP contribution < -0.4 is 5.32 Å². The molecule has 1 fully saturated rings. The Morgan fingerprint density at radius 3 is 2.49 bits per heavy atom. The minimum Gasteiger partial charge on any atom is -0.469 e. The number of halogens is 3. The van der Waals surface area contributed by atoms with Gasteiger partial charge < -0.3 is 19.7 Å². The zero-order valence-electron chi connectivity index (χ0n) is 21.6. The number of ether oxygens (including phenoxy) is 1. The van der Waals surface area contributed by atoms with Gasteiger partial charge in [0, 0.05) is 17.8 Å². The summed E-state index contributed by atoms with van der Waals surface area (Å²) in [5, 5.41) is 2.96. The molecule has 0 bridgehead atoms. The van der Waals surface area contributed by atoms with E-state index in [1.807, 2.05) is 12.1 Å². The van der Waals surface area contributed by atoms with Crippen LogP contribution in [0.4, 0.5) is 24.8 Å². The number of aromatic nitrogens is 3. The molecule has 3 heterocycles.